The van der Waals surface area contributed by atoms with E-state index in [-0.39, 0.29) is 10.6 Å². The van der Waals surface area contributed by atoms with Crippen LogP contribution < -0.4 is 0 Å². The molecule has 0 fully saturated rings. The number of benzene rings is 2. The van der Waals surface area contributed by atoms with Gasteiger partial charge in [-0.1, -0.05) is 54.6 Å². The SMILES string of the molecule is C=C1C=CC(c2ccccc2)=C(c2c(F)cc(Cl)cc2F)N1CC. The summed E-state index contributed by atoms with van der Waals surface area (Å²) in [6, 6.07) is 11.8. The molecule has 1 heterocycles. The topological polar surface area (TPSA) is 3.24 Å². The molecule has 2 aromatic rings. The molecule has 0 N–H and O–H groups in total. The number of rotatable bonds is 3. The van der Waals surface area contributed by atoms with Crippen LogP contribution in [0.4, 0.5) is 8.78 Å². The quantitative estimate of drug-likeness (QED) is 0.671. The first-order valence-corrected chi connectivity index (χ1v) is 8.00. The summed E-state index contributed by atoms with van der Waals surface area (Å²) in [6.07, 6.45) is 3.69. The van der Waals surface area contributed by atoms with Crippen molar-refractivity contribution < 1.29 is 8.78 Å². The Kier molecular flexibility index (Phi) is 4.54. The highest BCUT2D eigenvalue weighted by molar-refractivity contribution is 6.30. The van der Waals surface area contributed by atoms with E-state index >= 15 is 0 Å². The molecule has 24 heavy (non-hydrogen) atoms. The first-order chi connectivity index (χ1) is 11.5. The molecule has 0 unspecified atom stereocenters. The van der Waals surface area contributed by atoms with Gasteiger partial charge in [-0.25, -0.2) is 8.78 Å². The van der Waals surface area contributed by atoms with Crippen molar-refractivity contribution in [2.24, 2.45) is 0 Å². The lowest BCUT2D eigenvalue weighted by molar-refractivity contribution is 0.510. The van der Waals surface area contributed by atoms with Crippen molar-refractivity contribution in [1.29, 1.82) is 0 Å². The monoisotopic (exact) mass is 343 g/mol. The van der Waals surface area contributed by atoms with Crippen LogP contribution in [-0.4, -0.2) is 11.4 Å². The molecule has 0 spiro atoms. The van der Waals surface area contributed by atoms with E-state index in [2.05, 4.69) is 6.58 Å². The molecule has 0 atom stereocenters. The molecule has 0 saturated carbocycles. The molecule has 3 rings (SSSR count). The van der Waals surface area contributed by atoms with E-state index in [1.807, 2.05) is 49.4 Å². The van der Waals surface area contributed by atoms with Gasteiger partial charge in [0.25, 0.3) is 0 Å². The van der Waals surface area contributed by atoms with Crippen LogP contribution in [0.15, 0.2) is 66.9 Å². The summed E-state index contributed by atoms with van der Waals surface area (Å²) in [6.45, 7) is 6.43. The number of hydrogen-bond donors (Lipinski definition) is 0. The third-order valence-electron chi connectivity index (χ3n) is 3.96. The first-order valence-electron chi connectivity index (χ1n) is 7.62. The lowest BCUT2D eigenvalue weighted by Gasteiger charge is -2.32. The van der Waals surface area contributed by atoms with Gasteiger partial charge in [-0.2, -0.15) is 0 Å². The van der Waals surface area contributed by atoms with Crippen LogP contribution in [0.1, 0.15) is 18.1 Å². The van der Waals surface area contributed by atoms with Gasteiger partial charge in [-0.15, -0.1) is 0 Å². The van der Waals surface area contributed by atoms with Crippen molar-refractivity contribution in [1.82, 2.24) is 4.90 Å². The number of hydrogen-bond acceptors (Lipinski definition) is 1. The largest absolute Gasteiger partial charge is 0.341 e. The van der Waals surface area contributed by atoms with Crippen molar-refractivity contribution in [3.05, 3.63) is 94.7 Å². The molecule has 1 nitrogen and oxygen atoms in total. The number of halogens is 3. The van der Waals surface area contributed by atoms with E-state index in [1.165, 1.54) is 0 Å². The molecule has 0 bridgehead atoms. The van der Waals surface area contributed by atoms with E-state index in [0.29, 0.717) is 17.9 Å². The zero-order valence-electron chi connectivity index (χ0n) is 13.2. The van der Waals surface area contributed by atoms with Crippen LogP contribution in [0.3, 0.4) is 0 Å². The molecule has 1 aliphatic rings. The Morgan fingerprint density at radius 2 is 1.67 bits per heavy atom. The first kappa shape index (κ1) is 16.5. The van der Waals surface area contributed by atoms with Crippen LogP contribution in [0.5, 0.6) is 0 Å². The molecule has 0 amide bonds. The fraction of sp³-hybridized carbons (Fsp3) is 0.100. The van der Waals surface area contributed by atoms with Gasteiger partial charge < -0.3 is 4.90 Å². The maximum absolute atomic E-state index is 14.6. The molecule has 122 valence electrons. The van der Waals surface area contributed by atoms with Gasteiger partial charge in [0.05, 0.1) is 11.3 Å². The summed E-state index contributed by atoms with van der Waals surface area (Å²) in [5.41, 5.74) is 2.67. The van der Waals surface area contributed by atoms with Gasteiger partial charge in [0.1, 0.15) is 11.6 Å². The van der Waals surface area contributed by atoms with Gasteiger partial charge in [-0.3, -0.25) is 0 Å². The van der Waals surface area contributed by atoms with Crippen molar-refractivity contribution >= 4 is 22.9 Å². The lowest BCUT2D eigenvalue weighted by atomic mass is 9.94. The third kappa shape index (κ3) is 2.87. The van der Waals surface area contributed by atoms with Crippen molar-refractivity contribution in [3.63, 3.8) is 0 Å². The molecule has 1 aliphatic heterocycles. The summed E-state index contributed by atoms with van der Waals surface area (Å²) >= 11 is 5.77. The minimum atomic E-state index is -0.690. The third-order valence-corrected chi connectivity index (χ3v) is 4.18. The Morgan fingerprint density at radius 1 is 1.04 bits per heavy atom. The van der Waals surface area contributed by atoms with Gasteiger partial charge >= 0.3 is 0 Å². The minimum Gasteiger partial charge on any atom is -0.341 e. The Labute approximate surface area is 145 Å². The second-order valence-corrected chi connectivity index (χ2v) is 5.88. The predicted octanol–water partition coefficient (Wildman–Crippen LogP) is 5.89. The van der Waals surface area contributed by atoms with Crippen molar-refractivity contribution in [3.8, 4) is 0 Å². The molecule has 0 saturated heterocycles. The van der Waals surface area contributed by atoms with E-state index in [0.717, 1.165) is 23.3 Å². The average Bonchev–Trinajstić information content (AvgIpc) is 2.55. The number of likely N-dealkylation sites (N-methyl/N-ethyl adjacent to an activating group) is 1. The summed E-state index contributed by atoms with van der Waals surface area (Å²) in [7, 11) is 0. The summed E-state index contributed by atoms with van der Waals surface area (Å²) in [4.78, 5) is 1.80. The fourth-order valence-electron chi connectivity index (χ4n) is 2.89. The highest BCUT2D eigenvalue weighted by Crippen LogP contribution is 2.38. The molecule has 0 radical (unpaired) electrons. The van der Waals surface area contributed by atoms with Crippen LogP contribution in [0, 0.1) is 11.6 Å². The summed E-state index contributed by atoms with van der Waals surface area (Å²) in [5.74, 6) is -1.38. The summed E-state index contributed by atoms with van der Waals surface area (Å²) < 4.78 is 29.2. The van der Waals surface area contributed by atoms with Crippen LogP contribution in [-0.2, 0) is 0 Å². The average molecular weight is 344 g/mol. The lowest BCUT2D eigenvalue weighted by Crippen LogP contribution is -2.24. The highest BCUT2D eigenvalue weighted by Gasteiger charge is 2.26. The van der Waals surface area contributed by atoms with E-state index in [4.69, 9.17) is 11.6 Å². The molecule has 0 aromatic heterocycles. The molecule has 2 aromatic carbocycles. The van der Waals surface area contributed by atoms with Gasteiger partial charge in [0.2, 0.25) is 0 Å². The van der Waals surface area contributed by atoms with E-state index < -0.39 is 11.6 Å². The Hall–Kier alpha value is -2.39. The molecular formula is C20H16ClF2N. The van der Waals surface area contributed by atoms with E-state index in [9.17, 15) is 8.78 Å². The predicted molar refractivity (Wildman–Crippen MR) is 95.3 cm³/mol. The molecule has 4 heteroatoms. The Balaban J connectivity index is 2.34. The molecular weight excluding hydrogens is 328 g/mol. The maximum atomic E-state index is 14.6. The zero-order chi connectivity index (χ0) is 17.3. The van der Waals surface area contributed by atoms with Crippen molar-refractivity contribution in [2.45, 2.75) is 6.92 Å². The van der Waals surface area contributed by atoms with E-state index in [1.54, 1.807) is 4.90 Å². The van der Waals surface area contributed by atoms with Crippen molar-refractivity contribution in [2.75, 3.05) is 6.54 Å². The Morgan fingerprint density at radius 3 is 2.25 bits per heavy atom. The zero-order valence-corrected chi connectivity index (χ0v) is 13.9. The second-order valence-electron chi connectivity index (χ2n) is 5.44. The molecule has 0 aliphatic carbocycles. The normalized spacial score (nSPS) is 14.5. The second kappa shape index (κ2) is 6.62. The van der Waals surface area contributed by atoms with Gasteiger partial charge in [-0.05, 0) is 30.7 Å². The smallest absolute Gasteiger partial charge is 0.136 e. The number of allylic oxidation sites excluding steroid dienone is 3. The van der Waals surface area contributed by atoms with Gasteiger partial charge in [0.15, 0.2) is 0 Å². The van der Waals surface area contributed by atoms with Crippen LogP contribution in [0.25, 0.3) is 11.3 Å². The minimum absolute atomic E-state index is 0.0313. The standard InChI is InChI=1S/C20H16ClF2N/c1-3-24-13(2)9-10-16(14-7-5-4-6-8-14)20(24)19-17(22)11-15(21)12-18(19)23/h4-12H,2-3H2,1H3. The van der Waals surface area contributed by atoms with Crippen LogP contribution in [0.2, 0.25) is 5.02 Å². The number of nitrogens with zero attached hydrogens (tertiary/aromatic N) is 1. The maximum Gasteiger partial charge on any atom is 0.136 e. The van der Waals surface area contributed by atoms with Crippen LogP contribution >= 0.6 is 11.6 Å². The fourth-order valence-corrected chi connectivity index (χ4v) is 3.08. The summed E-state index contributed by atoms with van der Waals surface area (Å²) in [5, 5.41) is 0.0313. The highest BCUT2D eigenvalue weighted by atomic mass is 35.5. The Bertz CT molecular complexity index is 830. The van der Waals surface area contributed by atoms with Gasteiger partial charge in [0, 0.05) is 22.8 Å².